The van der Waals surface area contributed by atoms with Gasteiger partial charge in [-0.2, -0.15) is 0 Å². The van der Waals surface area contributed by atoms with Crippen LogP contribution in [0.25, 0.3) is 0 Å². The van der Waals surface area contributed by atoms with Crippen molar-refractivity contribution < 1.29 is 9.72 Å². The average Bonchev–Trinajstić information content (AvgIpc) is 2.81. The minimum atomic E-state index is -0.524. The molecule has 18 heavy (non-hydrogen) atoms. The zero-order valence-corrected chi connectivity index (χ0v) is 10.5. The third-order valence-electron chi connectivity index (χ3n) is 2.13. The molecule has 0 aliphatic heterocycles. The summed E-state index contributed by atoms with van der Waals surface area (Å²) < 4.78 is 0. The van der Waals surface area contributed by atoms with Crippen LogP contribution in [0, 0.1) is 10.1 Å². The molecule has 5 nitrogen and oxygen atoms in total. The van der Waals surface area contributed by atoms with Crippen molar-refractivity contribution in [3.8, 4) is 0 Å². The number of hydrogen-bond acceptors (Lipinski definition) is 4. The van der Waals surface area contributed by atoms with E-state index in [0.29, 0.717) is 10.7 Å². The molecule has 1 N–H and O–H groups in total. The number of nitrogens with one attached hydrogen (secondary N) is 1. The van der Waals surface area contributed by atoms with Gasteiger partial charge >= 0.3 is 5.00 Å². The van der Waals surface area contributed by atoms with Gasteiger partial charge in [0.25, 0.3) is 5.91 Å². The predicted octanol–water partition coefficient (Wildman–Crippen LogP) is 3.56. The predicted molar refractivity (Wildman–Crippen MR) is 70.4 cm³/mol. The molecule has 0 bridgehead atoms. The number of thiophene rings is 1. The van der Waals surface area contributed by atoms with Gasteiger partial charge in [0.1, 0.15) is 0 Å². The monoisotopic (exact) mass is 282 g/mol. The summed E-state index contributed by atoms with van der Waals surface area (Å²) in [7, 11) is 0. The Balaban J connectivity index is 2.11. The number of rotatable bonds is 3. The molecule has 0 unspecified atom stereocenters. The first-order valence-corrected chi connectivity index (χ1v) is 6.12. The topological polar surface area (TPSA) is 72.2 Å². The molecule has 0 saturated carbocycles. The van der Waals surface area contributed by atoms with Crippen molar-refractivity contribution in [1.82, 2.24) is 0 Å². The summed E-state index contributed by atoms with van der Waals surface area (Å²) in [5.74, 6) is -0.387. The van der Waals surface area contributed by atoms with Crippen molar-refractivity contribution in [2.45, 2.75) is 0 Å². The van der Waals surface area contributed by atoms with Crippen molar-refractivity contribution in [2.75, 3.05) is 5.32 Å². The van der Waals surface area contributed by atoms with E-state index in [0.717, 1.165) is 11.3 Å². The van der Waals surface area contributed by atoms with Gasteiger partial charge in [-0.3, -0.25) is 14.9 Å². The van der Waals surface area contributed by atoms with Crippen LogP contribution in [0.4, 0.5) is 10.7 Å². The highest BCUT2D eigenvalue weighted by atomic mass is 35.5. The maximum Gasteiger partial charge on any atom is 0.324 e. The lowest BCUT2D eigenvalue weighted by atomic mass is 10.3. The molecular formula is C11H7ClN2O3S. The molecule has 2 aromatic rings. The Morgan fingerprint density at radius 3 is 2.56 bits per heavy atom. The third-order valence-corrected chi connectivity index (χ3v) is 3.26. The molecule has 0 aliphatic rings. The zero-order chi connectivity index (χ0) is 13.1. The first kappa shape index (κ1) is 12.5. The Hall–Kier alpha value is -1.92. The Labute approximate surface area is 111 Å². The zero-order valence-electron chi connectivity index (χ0n) is 8.92. The summed E-state index contributed by atoms with van der Waals surface area (Å²) in [4.78, 5) is 21.8. The molecule has 2 rings (SSSR count). The lowest BCUT2D eigenvalue weighted by Crippen LogP contribution is -2.10. The van der Waals surface area contributed by atoms with Gasteiger partial charge in [-0.05, 0) is 24.3 Å². The van der Waals surface area contributed by atoms with Crippen LogP contribution < -0.4 is 5.32 Å². The summed E-state index contributed by atoms with van der Waals surface area (Å²) in [5, 5.41) is 15.1. The van der Waals surface area contributed by atoms with Gasteiger partial charge in [0, 0.05) is 22.2 Å². The highest BCUT2D eigenvalue weighted by molar-refractivity contribution is 7.13. The molecule has 0 saturated heterocycles. The van der Waals surface area contributed by atoms with Crippen LogP contribution in [-0.4, -0.2) is 10.8 Å². The molecule has 0 aliphatic carbocycles. The van der Waals surface area contributed by atoms with E-state index < -0.39 is 4.92 Å². The molecule has 92 valence electrons. The maximum atomic E-state index is 11.8. The van der Waals surface area contributed by atoms with E-state index in [-0.39, 0.29) is 16.5 Å². The van der Waals surface area contributed by atoms with E-state index in [1.165, 1.54) is 11.4 Å². The minimum absolute atomic E-state index is 0.0590. The van der Waals surface area contributed by atoms with Crippen LogP contribution in [0.3, 0.4) is 0 Å². The number of anilines is 1. The molecule has 1 aromatic carbocycles. The van der Waals surface area contributed by atoms with Crippen LogP contribution >= 0.6 is 22.9 Å². The number of carbonyl (C=O) groups is 1. The maximum absolute atomic E-state index is 11.8. The fourth-order valence-electron chi connectivity index (χ4n) is 1.28. The number of nitro groups is 1. The molecule has 7 heteroatoms. The molecule has 1 heterocycles. The quantitative estimate of drug-likeness (QED) is 0.691. The van der Waals surface area contributed by atoms with E-state index in [9.17, 15) is 14.9 Å². The first-order chi connectivity index (χ1) is 8.56. The number of amides is 1. The summed E-state index contributed by atoms with van der Waals surface area (Å²) in [6.07, 6.45) is 0. The normalized spacial score (nSPS) is 10.1. The van der Waals surface area contributed by atoms with Gasteiger partial charge in [0.2, 0.25) is 0 Å². The Kier molecular flexibility index (Phi) is 3.59. The largest absolute Gasteiger partial charge is 0.324 e. The molecule has 0 atom stereocenters. The molecule has 1 aromatic heterocycles. The van der Waals surface area contributed by atoms with Gasteiger partial charge in [0.05, 0.1) is 10.5 Å². The van der Waals surface area contributed by atoms with Gasteiger partial charge in [-0.15, -0.1) is 0 Å². The van der Waals surface area contributed by atoms with Crippen molar-refractivity contribution >= 4 is 39.5 Å². The van der Waals surface area contributed by atoms with Crippen molar-refractivity contribution in [2.24, 2.45) is 0 Å². The fraction of sp³-hybridized carbons (Fsp3) is 0. The van der Waals surface area contributed by atoms with Gasteiger partial charge in [0.15, 0.2) is 0 Å². The molecule has 0 fully saturated rings. The van der Waals surface area contributed by atoms with E-state index in [4.69, 9.17) is 11.6 Å². The number of hydrogen-bond donors (Lipinski definition) is 1. The van der Waals surface area contributed by atoms with E-state index in [1.54, 1.807) is 24.3 Å². The van der Waals surface area contributed by atoms with E-state index >= 15 is 0 Å². The van der Waals surface area contributed by atoms with Gasteiger partial charge in [-0.1, -0.05) is 22.9 Å². The minimum Gasteiger partial charge on any atom is -0.322 e. The second-order valence-corrected chi connectivity index (χ2v) is 4.72. The molecule has 1 amide bonds. The van der Waals surface area contributed by atoms with E-state index in [1.807, 2.05) is 0 Å². The Morgan fingerprint density at radius 1 is 1.33 bits per heavy atom. The second kappa shape index (κ2) is 5.16. The van der Waals surface area contributed by atoms with Gasteiger partial charge < -0.3 is 5.32 Å². The van der Waals surface area contributed by atoms with Crippen LogP contribution in [0.1, 0.15) is 10.4 Å². The summed E-state index contributed by atoms with van der Waals surface area (Å²) in [5.41, 5.74) is 0.847. The number of halogens is 1. The SMILES string of the molecule is O=C(Nc1ccc(Cl)cc1)c1csc([N+](=O)[O-])c1. The lowest BCUT2D eigenvalue weighted by Gasteiger charge is -2.02. The van der Waals surface area contributed by atoms with Crippen molar-refractivity contribution in [3.05, 3.63) is 56.4 Å². The Bertz CT molecular complexity index is 595. The average molecular weight is 283 g/mol. The van der Waals surface area contributed by atoms with Crippen LogP contribution in [-0.2, 0) is 0 Å². The van der Waals surface area contributed by atoms with Crippen LogP contribution in [0.2, 0.25) is 5.02 Å². The standard InChI is InChI=1S/C11H7ClN2O3S/c12-8-1-3-9(4-2-8)13-11(15)7-5-10(14(16)17)18-6-7/h1-6H,(H,13,15). The molecule has 0 radical (unpaired) electrons. The number of carbonyl (C=O) groups excluding carboxylic acids is 1. The lowest BCUT2D eigenvalue weighted by molar-refractivity contribution is -0.380. The first-order valence-electron chi connectivity index (χ1n) is 4.86. The van der Waals surface area contributed by atoms with E-state index in [2.05, 4.69) is 5.32 Å². The van der Waals surface area contributed by atoms with Gasteiger partial charge in [-0.25, -0.2) is 0 Å². The van der Waals surface area contributed by atoms with Crippen molar-refractivity contribution in [1.29, 1.82) is 0 Å². The Morgan fingerprint density at radius 2 is 2.00 bits per heavy atom. The fourth-order valence-corrected chi connectivity index (χ4v) is 2.11. The van der Waals surface area contributed by atoms with Crippen molar-refractivity contribution in [3.63, 3.8) is 0 Å². The summed E-state index contributed by atoms with van der Waals surface area (Å²) in [6.45, 7) is 0. The second-order valence-electron chi connectivity index (χ2n) is 3.39. The number of benzene rings is 1. The highest BCUT2D eigenvalue weighted by Crippen LogP contribution is 2.23. The van der Waals surface area contributed by atoms with Crippen LogP contribution in [0.15, 0.2) is 35.7 Å². The highest BCUT2D eigenvalue weighted by Gasteiger charge is 2.14. The molecular weight excluding hydrogens is 276 g/mol. The molecule has 0 spiro atoms. The third kappa shape index (κ3) is 2.85. The summed E-state index contributed by atoms with van der Waals surface area (Å²) in [6, 6.07) is 7.85. The number of nitrogens with zero attached hydrogens (tertiary/aromatic N) is 1. The van der Waals surface area contributed by atoms with Crippen LogP contribution in [0.5, 0.6) is 0 Å². The summed E-state index contributed by atoms with van der Waals surface area (Å²) >= 11 is 6.64. The smallest absolute Gasteiger partial charge is 0.322 e.